The predicted octanol–water partition coefficient (Wildman–Crippen LogP) is 2.95. The first-order valence-electron chi connectivity index (χ1n) is 6.06. The zero-order valence-corrected chi connectivity index (χ0v) is 14.2. The van der Waals surface area contributed by atoms with Gasteiger partial charge in [0.1, 0.15) is 9.09 Å². The maximum absolute atomic E-state index is 12.5. The second-order valence-corrected chi connectivity index (χ2v) is 9.00. The number of carbonyl (C=O) groups is 1. The number of rotatable bonds is 5. The van der Waals surface area contributed by atoms with E-state index in [-0.39, 0.29) is 15.6 Å². The van der Waals surface area contributed by atoms with Crippen molar-refractivity contribution in [3.8, 4) is 0 Å². The average molecular weight is 345 g/mol. The SMILES string of the molecule is Cc1ccsc1CN(C)S(=O)(=O)c1cc(C)c(C(=O)O)s1. The third-order valence-electron chi connectivity index (χ3n) is 3.09. The van der Waals surface area contributed by atoms with Gasteiger partial charge >= 0.3 is 5.97 Å². The van der Waals surface area contributed by atoms with Crippen LogP contribution in [0.2, 0.25) is 0 Å². The Morgan fingerprint density at radius 2 is 2.00 bits per heavy atom. The number of aromatic carboxylic acids is 1. The van der Waals surface area contributed by atoms with E-state index >= 15 is 0 Å². The van der Waals surface area contributed by atoms with Crippen LogP contribution in [0.25, 0.3) is 0 Å². The molecule has 21 heavy (non-hydrogen) atoms. The van der Waals surface area contributed by atoms with Crippen LogP contribution in [-0.2, 0) is 16.6 Å². The highest BCUT2D eigenvalue weighted by Gasteiger charge is 2.26. The average Bonchev–Trinajstić information content (AvgIpc) is 2.96. The molecule has 0 amide bonds. The van der Waals surface area contributed by atoms with Crippen molar-refractivity contribution in [1.29, 1.82) is 0 Å². The van der Waals surface area contributed by atoms with Crippen molar-refractivity contribution in [1.82, 2.24) is 4.31 Å². The molecule has 0 atom stereocenters. The summed E-state index contributed by atoms with van der Waals surface area (Å²) in [6, 6.07) is 3.36. The standard InChI is InChI=1S/C13H15NO4S3/c1-8-4-5-19-10(8)7-14(3)21(17,18)11-6-9(2)12(20-11)13(15)16/h4-6H,7H2,1-3H3,(H,15,16). The molecule has 0 aromatic carbocycles. The Morgan fingerprint density at radius 3 is 2.48 bits per heavy atom. The Bertz CT molecular complexity index is 773. The minimum atomic E-state index is -3.67. The summed E-state index contributed by atoms with van der Waals surface area (Å²) in [7, 11) is -2.17. The van der Waals surface area contributed by atoms with Crippen molar-refractivity contribution in [3.63, 3.8) is 0 Å². The summed E-state index contributed by atoms with van der Waals surface area (Å²) < 4.78 is 26.3. The van der Waals surface area contributed by atoms with Gasteiger partial charge in [0.05, 0.1) is 0 Å². The maximum atomic E-state index is 12.5. The topological polar surface area (TPSA) is 74.7 Å². The van der Waals surface area contributed by atoms with Gasteiger partial charge in [-0.1, -0.05) is 0 Å². The van der Waals surface area contributed by atoms with E-state index in [0.29, 0.717) is 5.56 Å². The molecule has 114 valence electrons. The lowest BCUT2D eigenvalue weighted by atomic mass is 10.3. The zero-order chi connectivity index (χ0) is 15.8. The van der Waals surface area contributed by atoms with Gasteiger partial charge in [-0.05, 0) is 42.5 Å². The Labute approximate surface area is 131 Å². The lowest BCUT2D eigenvalue weighted by molar-refractivity contribution is 0.0701. The lowest BCUT2D eigenvalue weighted by Gasteiger charge is -2.15. The molecule has 5 nitrogen and oxygen atoms in total. The van der Waals surface area contributed by atoms with E-state index in [4.69, 9.17) is 5.11 Å². The summed E-state index contributed by atoms with van der Waals surface area (Å²) in [6.45, 7) is 3.82. The molecule has 0 radical (unpaired) electrons. The van der Waals surface area contributed by atoms with Crippen LogP contribution in [0.1, 0.15) is 25.7 Å². The summed E-state index contributed by atoms with van der Waals surface area (Å²) in [5.41, 5.74) is 1.52. The fourth-order valence-corrected chi connectivity index (χ4v) is 5.57. The number of thiophene rings is 2. The Hall–Kier alpha value is -1.22. The zero-order valence-electron chi connectivity index (χ0n) is 11.8. The van der Waals surface area contributed by atoms with E-state index in [9.17, 15) is 13.2 Å². The minimum absolute atomic E-state index is 0.0640. The number of sulfonamides is 1. The van der Waals surface area contributed by atoms with Gasteiger partial charge in [0, 0.05) is 18.5 Å². The van der Waals surface area contributed by atoms with Gasteiger partial charge in [0.25, 0.3) is 10.0 Å². The Morgan fingerprint density at radius 1 is 1.33 bits per heavy atom. The van der Waals surface area contributed by atoms with Gasteiger partial charge in [0.2, 0.25) is 0 Å². The van der Waals surface area contributed by atoms with E-state index in [1.807, 2.05) is 18.4 Å². The molecule has 1 N–H and O–H groups in total. The summed E-state index contributed by atoms with van der Waals surface area (Å²) in [4.78, 5) is 12.1. The van der Waals surface area contributed by atoms with E-state index in [2.05, 4.69) is 0 Å². The molecule has 2 rings (SSSR count). The maximum Gasteiger partial charge on any atom is 0.346 e. The molecule has 0 saturated heterocycles. The first-order valence-corrected chi connectivity index (χ1v) is 9.20. The monoisotopic (exact) mass is 345 g/mol. The number of hydrogen-bond donors (Lipinski definition) is 1. The van der Waals surface area contributed by atoms with Crippen LogP contribution in [0, 0.1) is 13.8 Å². The van der Waals surface area contributed by atoms with E-state index in [1.54, 1.807) is 6.92 Å². The van der Waals surface area contributed by atoms with Crippen molar-refractivity contribution in [2.45, 2.75) is 24.6 Å². The fraction of sp³-hybridized carbons (Fsp3) is 0.308. The molecule has 0 aliphatic heterocycles. The minimum Gasteiger partial charge on any atom is -0.477 e. The van der Waals surface area contributed by atoms with Gasteiger partial charge in [-0.25, -0.2) is 13.2 Å². The first-order chi connectivity index (χ1) is 9.73. The molecule has 0 aliphatic carbocycles. The molecule has 0 fully saturated rings. The largest absolute Gasteiger partial charge is 0.477 e. The summed E-state index contributed by atoms with van der Waals surface area (Å²) in [5, 5.41) is 11.0. The van der Waals surface area contributed by atoms with Crippen LogP contribution < -0.4 is 0 Å². The predicted molar refractivity (Wildman–Crippen MR) is 83.7 cm³/mol. The Kier molecular flexibility index (Phi) is 4.52. The van der Waals surface area contributed by atoms with Crippen molar-refractivity contribution in [2.75, 3.05) is 7.05 Å². The molecule has 0 spiro atoms. The van der Waals surface area contributed by atoms with E-state index < -0.39 is 16.0 Å². The van der Waals surface area contributed by atoms with Crippen LogP contribution in [0.4, 0.5) is 0 Å². The highest BCUT2D eigenvalue weighted by molar-refractivity contribution is 7.91. The smallest absolute Gasteiger partial charge is 0.346 e. The van der Waals surface area contributed by atoms with Crippen LogP contribution >= 0.6 is 22.7 Å². The van der Waals surface area contributed by atoms with E-state index in [1.165, 1.54) is 28.8 Å². The second-order valence-electron chi connectivity index (χ2n) is 4.67. The normalized spacial score (nSPS) is 12.0. The number of carboxylic acid groups (broad SMARTS) is 1. The molecule has 2 heterocycles. The number of aryl methyl sites for hydroxylation is 2. The fourth-order valence-electron chi connectivity index (χ4n) is 1.80. The molecule has 8 heteroatoms. The molecule has 0 bridgehead atoms. The van der Waals surface area contributed by atoms with Crippen LogP contribution in [0.5, 0.6) is 0 Å². The third-order valence-corrected chi connectivity index (χ3v) is 7.57. The van der Waals surface area contributed by atoms with Gasteiger partial charge in [-0.3, -0.25) is 0 Å². The van der Waals surface area contributed by atoms with Crippen molar-refractivity contribution < 1.29 is 18.3 Å². The highest BCUT2D eigenvalue weighted by atomic mass is 32.2. The Balaban J connectivity index is 2.31. The van der Waals surface area contributed by atoms with Crippen LogP contribution in [0.3, 0.4) is 0 Å². The van der Waals surface area contributed by atoms with E-state index in [0.717, 1.165) is 21.8 Å². The first kappa shape index (κ1) is 16.2. The molecular weight excluding hydrogens is 330 g/mol. The molecule has 0 unspecified atom stereocenters. The number of carboxylic acids is 1. The highest BCUT2D eigenvalue weighted by Crippen LogP contribution is 2.29. The van der Waals surface area contributed by atoms with Gasteiger partial charge < -0.3 is 5.11 Å². The van der Waals surface area contributed by atoms with Gasteiger partial charge in [0.15, 0.2) is 0 Å². The quantitative estimate of drug-likeness (QED) is 0.904. The van der Waals surface area contributed by atoms with Crippen molar-refractivity contribution in [3.05, 3.63) is 38.4 Å². The van der Waals surface area contributed by atoms with Crippen molar-refractivity contribution in [2.24, 2.45) is 0 Å². The van der Waals surface area contributed by atoms with Crippen LogP contribution in [-0.4, -0.2) is 30.8 Å². The lowest BCUT2D eigenvalue weighted by Crippen LogP contribution is -2.25. The summed E-state index contributed by atoms with van der Waals surface area (Å²) in [6.07, 6.45) is 0. The summed E-state index contributed by atoms with van der Waals surface area (Å²) >= 11 is 2.30. The van der Waals surface area contributed by atoms with Gasteiger partial charge in [-0.2, -0.15) is 4.31 Å². The summed E-state index contributed by atoms with van der Waals surface area (Å²) in [5.74, 6) is -1.10. The third kappa shape index (κ3) is 3.18. The molecule has 0 saturated carbocycles. The molecule has 0 aliphatic rings. The van der Waals surface area contributed by atoms with Gasteiger partial charge in [-0.15, -0.1) is 22.7 Å². The number of hydrogen-bond acceptors (Lipinski definition) is 5. The number of nitrogens with zero attached hydrogens (tertiary/aromatic N) is 1. The molecular formula is C13H15NO4S3. The molecule has 2 aromatic rings. The van der Waals surface area contributed by atoms with Crippen molar-refractivity contribution >= 4 is 38.7 Å². The molecule has 2 aromatic heterocycles. The second kappa shape index (κ2) is 5.88. The van der Waals surface area contributed by atoms with Crippen LogP contribution in [0.15, 0.2) is 21.7 Å².